The van der Waals surface area contributed by atoms with E-state index in [-0.39, 0.29) is 12.3 Å². The molecule has 0 saturated carbocycles. The van der Waals surface area contributed by atoms with E-state index in [2.05, 4.69) is 5.32 Å². The zero-order valence-corrected chi connectivity index (χ0v) is 12.5. The number of rotatable bonds is 7. The zero-order chi connectivity index (χ0) is 15.1. The lowest BCUT2D eigenvalue weighted by molar-refractivity contribution is -0.124. The molecule has 0 heterocycles. The van der Waals surface area contributed by atoms with Crippen LogP contribution in [-0.4, -0.2) is 31.4 Å². The van der Waals surface area contributed by atoms with Crippen molar-refractivity contribution >= 4 is 22.8 Å². The summed E-state index contributed by atoms with van der Waals surface area (Å²) in [4.78, 5) is 22.9. The number of hydrogen-bond acceptors (Lipinski definition) is 4. The Morgan fingerprint density at radius 3 is 2.40 bits per heavy atom. The van der Waals surface area contributed by atoms with Gasteiger partial charge in [-0.3, -0.25) is 9.59 Å². The minimum atomic E-state index is -0.649. The molecule has 1 unspecified atom stereocenters. The third-order valence-electron chi connectivity index (χ3n) is 2.83. The number of amides is 1. The van der Waals surface area contributed by atoms with Crippen LogP contribution in [-0.2, 0) is 16.0 Å². The number of nitrogens with one attached hydrogen (secondary N) is 1. The van der Waals surface area contributed by atoms with E-state index in [9.17, 15) is 9.59 Å². The first-order valence-electron chi connectivity index (χ1n) is 6.21. The van der Waals surface area contributed by atoms with Crippen molar-refractivity contribution in [3.63, 3.8) is 0 Å². The third-order valence-corrected chi connectivity index (χ3v) is 3.09. The third kappa shape index (κ3) is 4.42. The molecule has 1 aromatic carbocycles. The second-order valence-electron chi connectivity index (χ2n) is 4.20. The summed E-state index contributed by atoms with van der Waals surface area (Å²) in [6, 6.07) is 4.57. The lowest BCUT2D eigenvalue weighted by Crippen LogP contribution is -2.39. The average molecular weight is 300 g/mol. The van der Waals surface area contributed by atoms with Gasteiger partial charge in [-0.15, -0.1) is 0 Å². The first kappa shape index (κ1) is 16.3. The van der Waals surface area contributed by atoms with Crippen LogP contribution in [0.1, 0.15) is 18.9 Å². The maximum Gasteiger partial charge on any atom is 0.243 e. The smallest absolute Gasteiger partial charge is 0.243 e. The van der Waals surface area contributed by atoms with Crippen molar-refractivity contribution in [2.24, 2.45) is 0 Å². The molecule has 1 amide bonds. The highest BCUT2D eigenvalue weighted by Gasteiger charge is 2.17. The first-order valence-corrected chi connectivity index (χ1v) is 6.59. The summed E-state index contributed by atoms with van der Waals surface area (Å²) in [5.74, 6) is 0.885. The maximum atomic E-state index is 11.8. The van der Waals surface area contributed by atoms with E-state index in [1.54, 1.807) is 32.2 Å². The van der Waals surface area contributed by atoms with Crippen LogP contribution < -0.4 is 14.8 Å². The van der Waals surface area contributed by atoms with Gasteiger partial charge >= 0.3 is 0 Å². The van der Waals surface area contributed by atoms with Gasteiger partial charge in [0.1, 0.15) is 6.04 Å². The number of carbonyl (C=O) groups is 2. The molecule has 5 nitrogen and oxygen atoms in total. The van der Waals surface area contributed by atoms with Gasteiger partial charge in [0.2, 0.25) is 11.1 Å². The molecular formula is C14H18ClNO4. The first-order chi connectivity index (χ1) is 9.51. The summed E-state index contributed by atoms with van der Waals surface area (Å²) < 4.78 is 10.3. The molecule has 0 fully saturated rings. The summed E-state index contributed by atoms with van der Waals surface area (Å²) in [6.45, 7) is 1.78. The van der Waals surface area contributed by atoms with Gasteiger partial charge < -0.3 is 14.8 Å². The maximum absolute atomic E-state index is 11.8. The molecule has 0 radical (unpaired) electrons. The number of benzene rings is 1. The van der Waals surface area contributed by atoms with E-state index in [0.29, 0.717) is 17.9 Å². The Morgan fingerprint density at radius 1 is 1.25 bits per heavy atom. The second-order valence-corrected chi connectivity index (χ2v) is 4.57. The minimum Gasteiger partial charge on any atom is -0.493 e. The fourth-order valence-electron chi connectivity index (χ4n) is 1.74. The molecule has 0 spiro atoms. The SMILES string of the molecule is CCC(NC(=O)Cc1ccc(OC)c(OC)c1)C(=O)Cl. The molecule has 20 heavy (non-hydrogen) atoms. The number of ether oxygens (including phenoxy) is 2. The van der Waals surface area contributed by atoms with Crippen molar-refractivity contribution < 1.29 is 19.1 Å². The summed E-state index contributed by atoms with van der Waals surface area (Å²) in [7, 11) is 3.07. The molecule has 1 rings (SSSR count). The highest BCUT2D eigenvalue weighted by Crippen LogP contribution is 2.27. The van der Waals surface area contributed by atoms with Gasteiger partial charge in [0.25, 0.3) is 0 Å². The van der Waals surface area contributed by atoms with Gasteiger partial charge in [0, 0.05) is 0 Å². The molecule has 0 aliphatic heterocycles. The Hall–Kier alpha value is -1.75. The van der Waals surface area contributed by atoms with Gasteiger partial charge in [-0.2, -0.15) is 0 Å². The van der Waals surface area contributed by atoms with Gasteiger partial charge in [0.15, 0.2) is 11.5 Å². The fraction of sp³-hybridized carbons (Fsp3) is 0.429. The molecule has 1 aromatic rings. The Kier molecular flexibility index (Phi) is 6.31. The van der Waals surface area contributed by atoms with Gasteiger partial charge in [-0.05, 0) is 35.7 Å². The second kappa shape index (κ2) is 7.75. The van der Waals surface area contributed by atoms with Crippen molar-refractivity contribution in [3.05, 3.63) is 23.8 Å². The minimum absolute atomic E-state index is 0.140. The number of carbonyl (C=O) groups excluding carboxylic acids is 2. The number of hydrogen-bond donors (Lipinski definition) is 1. The largest absolute Gasteiger partial charge is 0.493 e. The van der Waals surface area contributed by atoms with Crippen LogP contribution in [0.4, 0.5) is 0 Å². The molecule has 0 aliphatic carbocycles. The predicted octanol–water partition coefficient (Wildman–Crippen LogP) is 1.91. The van der Waals surface area contributed by atoms with E-state index >= 15 is 0 Å². The molecule has 0 aliphatic rings. The van der Waals surface area contributed by atoms with E-state index in [1.807, 2.05) is 0 Å². The van der Waals surface area contributed by atoms with Crippen LogP contribution in [0.3, 0.4) is 0 Å². The molecule has 6 heteroatoms. The molecule has 0 saturated heterocycles. The van der Waals surface area contributed by atoms with Gasteiger partial charge in [-0.1, -0.05) is 13.0 Å². The van der Waals surface area contributed by atoms with E-state index < -0.39 is 11.3 Å². The lowest BCUT2D eigenvalue weighted by atomic mass is 10.1. The van der Waals surface area contributed by atoms with E-state index in [1.165, 1.54) is 7.11 Å². The Morgan fingerprint density at radius 2 is 1.90 bits per heavy atom. The number of halogens is 1. The Balaban J connectivity index is 2.73. The van der Waals surface area contributed by atoms with Crippen molar-refractivity contribution in [1.82, 2.24) is 5.32 Å². The van der Waals surface area contributed by atoms with Crippen LogP contribution >= 0.6 is 11.6 Å². The van der Waals surface area contributed by atoms with Gasteiger partial charge in [0.05, 0.1) is 20.6 Å². The monoisotopic (exact) mass is 299 g/mol. The molecule has 0 bridgehead atoms. The Labute approximate surface area is 123 Å². The van der Waals surface area contributed by atoms with Crippen molar-refractivity contribution in [2.45, 2.75) is 25.8 Å². The normalized spacial score (nSPS) is 11.6. The zero-order valence-electron chi connectivity index (χ0n) is 11.7. The number of methoxy groups -OCH3 is 2. The summed E-state index contributed by atoms with van der Waals surface area (Å²) >= 11 is 5.39. The van der Waals surface area contributed by atoms with Crippen molar-refractivity contribution in [3.8, 4) is 11.5 Å². The van der Waals surface area contributed by atoms with Crippen LogP contribution in [0.25, 0.3) is 0 Å². The summed E-state index contributed by atoms with van der Waals surface area (Å²) in [6.07, 6.45) is 0.598. The topological polar surface area (TPSA) is 64.6 Å². The van der Waals surface area contributed by atoms with Crippen molar-refractivity contribution in [2.75, 3.05) is 14.2 Å². The van der Waals surface area contributed by atoms with Crippen LogP contribution in [0.2, 0.25) is 0 Å². The van der Waals surface area contributed by atoms with E-state index in [4.69, 9.17) is 21.1 Å². The fourth-order valence-corrected chi connectivity index (χ4v) is 1.95. The predicted molar refractivity (Wildman–Crippen MR) is 76.3 cm³/mol. The quantitative estimate of drug-likeness (QED) is 0.781. The standard InChI is InChI=1S/C14H18ClNO4/c1-4-10(14(15)18)16-13(17)8-9-5-6-11(19-2)12(7-9)20-3/h5-7,10H,4,8H2,1-3H3,(H,16,17). The van der Waals surface area contributed by atoms with Crippen molar-refractivity contribution in [1.29, 1.82) is 0 Å². The summed E-state index contributed by atoms with van der Waals surface area (Å²) in [5.41, 5.74) is 0.761. The molecule has 110 valence electrons. The molecule has 1 atom stereocenters. The van der Waals surface area contributed by atoms with Crippen LogP contribution in [0, 0.1) is 0 Å². The summed E-state index contributed by atoms with van der Waals surface area (Å²) in [5, 5.41) is 2.03. The highest BCUT2D eigenvalue weighted by molar-refractivity contribution is 6.64. The Bertz CT molecular complexity index is 490. The highest BCUT2D eigenvalue weighted by atomic mass is 35.5. The van der Waals surface area contributed by atoms with Gasteiger partial charge in [-0.25, -0.2) is 0 Å². The molecule has 1 N–H and O–H groups in total. The average Bonchev–Trinajstić information content (AvgIpc) is 2.44. The van der Waals surface area contributed by atoms with Crippen LogP contribution in [0.15, 0.2) is 18.2 Å². The lowest BCUT2D eigenvalue weighted by Gasteiger charge is -2.13. The van der Waals surface area contributed by atoms with Crippen LogP contribution in [0.5, 0.6) is 11.5 Å². The molecular weight excluding hydrogens is 282 g/mol. The molecule has 0 aromatic heterocycles. The van der Waals surface area contributed by atoms with E-state index in [0.717, 1.165) is 5.56 Å².